The summed E-state index contributed by atoms with van der Waals surface area (Å²) in [7, 11) is -2.07. The van der Waals surface area contributed by atoms with Gasteiger partial charge in [-0.05, 0) is 32.0 Å². The molecule has 0 radical (unpaired) electrons. The van der Waals surface area contributed by atoms with Gasteiger partial charge >= 0.3 is 8.56 Å². The molecule has 0 aromatic heterocycles. The molecule has 0 unspecified atom stereocenters. The van der Waals surface area contributed by atoms with Crippen molar-refractivity contribution in [2.45, 2.75) is 40.2 Å². The SMILES string of the molecule is C=C(C)[Si](CCC)(OCC)OCC. The van der Waals surface area contributed by atoms with Crippen molar-refractivity contribution in [3.63, 3.8) is 0 Å². The number of allylic oxidation sites excluding steroid dienone is 1. The fourth-order valence-corrected chi connectivity index (χ4v) is 4.32. The topological polar surface area (TPSA) is 18.5 Å². The molecule has 0 aliphatic carbocycles. The highest BCUT2D eigenvalue weighted by Gasteiger charge is 2.37. The standard InChI is InChI=1S/C10H22O2Si/c1-6-9-13(10(4)5,11-7-2)12-8-3/h4,6-9H2,1-3,5H3. The van der Waals surface area contributed by atoms with Gasteiger partial charge in [-0.3, -0.25) is 0 Å². The zero-order valence-corrected chi connectivity index (χ0v) is 10.4. The quantitative estimate of drug-likeness (QED) is 0.591. The first kappa shape index (κ1) is 12.9. The van der Waals surface area contributed by atoms with E-state index < -0.39 is 8.56 Å². The van der Waals surface area contributed by atoms with E-state index in [-0.39, 0.29) is 0 Å². The van der Waals surface area contributed by atoms with Crippen LogP contribution in [0.3, 0.4) is 0 Å². The van der Waals surface area contributed by atoms with Crippen molar-refractivity contribution in [2.75, 3.05) is 13.2 Å². The molecule has 0 saturated heterocycles. The Morgan fingerprint density at radius 2 is 1.62 bits per heavy atom. The van der Waals surface area contributed by atoms with E-state index in [2.05, 4.69) is 13.5 Å². The second-order valence-corrected chi connectivity index (χ2v) is 6.59. The smallest absolute Gasteiger partial charge is 0.367 e. The largest absolute Gasteiger partial charge is 0.391 e. The van der Waals surface area contributed by atoms with E-state index in [0.29, 0.717) is 0 Å². The van der Waals surface area contributed by atoms with E-state index >= 15 is 0 Å². The van der Waals surface area contributed by atoms with Gasteiger partial charge in [-0.25, -0.2) is 0 Å². The number of rotatable bonds is 7. The first-order valence-corrected chi connectivity index (χ1v) is 7.09. The Labute approximate surface area is 83.2 Å². The molecule has 13 heavy (non-hydrogen) atoms. The maximum Gasteiger partial charge on any atom is 0.367 e. The number of hydrogen-bond donors (Lipinski definition) is 0. The van der Waals surface area contributed by atoms with Crippen LogP contribution in [0.2, 0.25) is 6.04 Å². The summed E-state index contributed by atoms with van der Waals surface area (Å²) in [6.45, 7) is 13.6. The minimum Gasteiger partial charge on any atom is -0.391 e. The molecule has 0 amide bonds. The molecule has 2 nitrogen and oxygen atoms in total. The molecule has 0 aliphatic heterocycles. The molecular formula is C10H22O2Si. The maximum atomic E-state index is 5.79. The zero-order valence-electron chi connectivity index (χ0n) is 9.35. The Hall–Kier alpha value is -0.123. The van der Waals surface area contributed by atoms with Gasteiger partial charge in [-0.2, -0.15) is 0 Å². The molecule has 0 aliphatic rings. The lowest BCUT2D eigenvalue weighted by atomic mass is 10.6. The molecule has 0 rings (SSSR count). The maximum absolute atomic E-state index is 5.79. The minimum atomic E-state index is -2.07. The van der Waals surface area contributed by atoms with Gasteiger partial charge in [0.25, 0.3) is 0 Å². The molecule has 0 aromatic carbocycles. The third-order valence-electron chi connectivity index (χ3n) is 1.98. The van der Waals surface area contributed by atoms with Crippen LogP contribution in [0.25, 0.3) is 0 Å². The van der Waals surface area contributed by atoms with Crippen LogP contribution in [0.1, 0.15) is 34.1 Å². The lowest BCUT2D eigenvalue weighted by molar-refractivity contribution is 0.191. The first-order chi connectivity index (χ1) is 6.13. The number of hydrogen-bond acceptors (Lipinski definition) is 2. The molecular weight excluding hydrogens is 180 g/mol. The predicted molar refractivity (Wildman–Crippen MR) is 58.9 cm³/mol. The summed E-state index contributed by atoms with van der Waals surface area (Å²) in [4.78, 5) is 0. The molecule has 78 valence electrons. The zero-order chi connectivity index (χ0) is 10.3. The van der Waals surface area contributed by atoms with E-state index in [1.807, 2.05) is 20.8 Å². The van der Waals surface area contributed by atoms with Crippen molar-refractivity contribution in [3.8, 4) is 0 Å². The van der Waals surface area contributed by atoms with Crippen molar-refractivity contribution in [3.05, 3.63) is 11.8 Å². The highest BCUT2D eigenvalue weighted by atomic mass is 28.4. The predicted octanol–water partition coefficient (Wildman–Crippen LogP) is 3.03. The highest BCUT2D eigenvalue weighted by Crippen LogP contribution is 2.23. The molecule has 0 bridgehead atoms. The second-order valence-electron chi connectivity index (χ2n) is 3.15. The van der Waals surface area contributed by atoms with Crippen molar-refractivity contribution in [1.82, 2.24) is 0 Å². The summed E-state index contributed by atoms with van der Waals surface area (Å²) in [5.41, 5.74) is 0. The van der Waals surface area contributed by atoms with E-state index in [0.717, 1.165) is 30.9 Å². The molecule has 0 atom stereocenters. The molecule has 0 spiro atoms. The highest BCUT2D eigenvalue weighted by molar-refractivity contribution is 6.74. The average molecular weight is 202 g/mol. The van der Waals surface area contributed by atoms with Crippen LogP contribution < -0.4 is 0 Å². The second kappa shape index (κ2) is 6.35. The van der Waals surface area contributed by atoms with Crippen LogP contribution >= 0.6 is 0 Å². The monoisotopic (exact) mass is 202 g/mol. The first-order valence-electron chi connectivity index (χ1n) is 5.06. The summed E-state index contributed by atoms with van der Waals surface area (Å²) in [5, 5.41) is 1.10. The van der Waals surface area contributed by atoms with Gasteiger partial charge in [-0.1, -0.05) is 19.9 Å². The third-order valence-corrected chi connectivity index (χ3v) is 5.95. The van der Waals surface area contributed by atoms with Crippen LogP contribution in [-0.4, -0.2) is 21.8 Å². The van der Waals surface area contributed by atoms with E-state index in [1.54, 1.807) is 0 Å². The van der Waals surface area contributed by atoms with E-state index in [1.165, 1.54) is 0 Å². The molecule has 3 heteroatoms. The Bertz CT molecular complexity index is 140. The van der Waals surface area contributed by atoms with Gasteiger partial charge in [-0.15, -0.1) is 0 Å². The molecule has 0 aromatic rings. The summed E-state index contributed by atoms with van der Waals surface area (Å²) in [6.07, 6.45) is 1.10. The van der Waals surface area contributed by atoms with Gasteiger partial charge in [0.1, 0.15) is 0 Å². The fraction of sp³-hybridized carbons (Fsp3) is 0.800. The van der Waals surface area contributed by atoms with Crippen molar-refractivity contribution in [1.29, 1.82) is 0 Å². The van der Waals surface area contributed by atoms with Gasteiger partial charge in [0, 0.05) is 13.2 Å². The van der Waals surface area contributed by atoms with Crippen molar-refractivity contribution < 1.29 is 8.85 Å². The Balaban J connectivity index is 4.48. The summed E-state index contributed by atoms with van der Waals surface area (Å²) < 4.78 is 11.6. The Morgan fingerprint density at radius 1 is 1.15 bits per heavy atom. The molecule has 0 N–H and O–H groups in total. The van der Waals surface area contributed by atoms with Gasteiger partial charge in [0.2, 0.25) is 0 Å². The molecule has 0 fully saturated rings. The minimum absolute atomic E-state index is 0.721. The van der Waals surface area contributed by atoms with Crippen LogP contribution in [-0.2, 0) is 8.85 Å². The van der Waals surface area contributed by atoms with Gasteiger partial charge in [0.15, 0.2) is 0 Å². The lowest BCUT2D eigenvalue weighted by Gasteiger charge is -2.29. The van der Waals surface area contributed by atoms with Crippen LogP contribution in [0.4, 0.5) is 0 Å². The van der Waals surface area contributed by atoms with Crippen LogP contribution in [0, 0.1) is 0 Å². The van der Waals surface area contributed by atoms with E-state index in [9.17, 15) is 0 Å². The summed E-state index contributed by atoms with van der Waals surface area (Å²) in [5.74, 6) is 0. The van der Waals surface area contributed by atoms with Crippen molar-refractivity contribution in [2.24, 2.45) is 0 Å². The fourth-order valence-electron chi connectivity index (χ4n) is 1.44. The third kappa shape index (κ3) is 3.63. The van der Waals surface area contributed by atoms with Gasteiger partial charge < -0.3 is 8.85 Å². The van der Waals surface area contributed by atoms with Crippen LogP contribution in [0.5, 0.6) is 0 Å². The van der Waals surface area contributed by atoms with Crippen molar-refractivity contribution >= 4 is 8.56 Å². The summed E-state index contributed by atoms with van der Waals surface area (Å²) in [6, 6.07) is 1.02. The summed E-state index contributed by atoms with van der Waals surface area (Å²) >= 11 is 0. The Morgan fingerprint density at radius 3 is 1.85 bits per heavy atom. The lowest BCUT2D eigenvalue weighted by Crippen LogP contribution is -2.43. The Kier molecular flexibility index (Phi) is 6.29. The molecule has 0 heterocycles. The van der Waals surface area contributed by atoms with Gasteiger partial charge in [0.05, 0.1) is 0 Å². The normalized spacial score (nSPS) is 11.7. The average Bonchev–Trinajstić information content (AvgIpc) is 2.05. The van der Waals surface area contributed by atoms with Crippen LogP contribution in [0.15, 0.2) is 11.8 Å². The molecule has 0 saturated carbocycles. The van der Waals surface area contributed by atoms with E-state index in [4.69, 9.17) is 8.85 Å².